The van der Waals surface area contributed by atoms with E-state index in [2.05, 4.69) is 10.6 Å². The fourth-order valence-corrected chi connectivity index (χ4v) is 11.2. The molecule has 1 aromatic rings. The summed E-state index contributed by atoms with van der Waals surface area (Å²) >= 11 is 0. The number of nitrogens with one attached hydrogen (secondary N) is 3. The van der Waals surface area contributed by atoms with Crippen molar-refractivity contribution in [3.8, 4) is 5.75 Å². The third kappa shape index (κ3) is 45.7. The number of carboxylic acids is 1. The Morgan fingerprint density at radius 2 is 1.06 bits per heavy atom. The molecule has 0 aliphatic heterocycles. The number of primary amides is 1. The van der Waals surface area contributed by atoms with Gasteiger partial charge in [-0.2, -0.15) is 8.42 Å². The second-order valence-electron chi connectivity index (χ2n) is 24.4. The monoisotopic (exact) mass is 1290 g/mol. The van der Waals surface area contributed by atoms with Crippen LogP contribution < -0.4 is 22.1 Å². The van der Waals surface area contributed by atoms with Crippen LogP contribution in [-0.2, 0) is 78.6 Å². The molecule has 0 bridgehead atoms. The van der Waals surface area contributed by atoms with Gasteiger partial charge in [-0.05, 0) is 81.4 Å². The summed E-state index contributed by atoms with van der Waals surface area (Å²) in [4.78, 5) is 115. The van der Waals surface area contributed by atoms with Crippen molar-refractivity contribution in [2.45, 2.75) is 213 Å². The van der Waals surface area contributed by atoms with Crippen molar-refractivity contribution < 1.29 is 85.3 Å². The Hall–Kier alpha value is -5.53. The maximum absolute atomic E-state index is 14.3. The van der Waals surface area contributed by atoms with Crippen LogP contribution in [0.5, 0.6) is 5.75 Å². The van der Waals surface area contributed by atoms with Gasteiger partial charge in [-0.3, -0.25) is 53.1 Å². The molecule has 1 unspecified atom stereocenters. The van der Waals surface area contributed by atoms with Crippen molar-refractivity contribution in [3.63, 3.8) is 0 Å². The van der Waals surface area contributed by atoms with E-state index in [-0.39, 0.29) is 162 Å². The molecule has 3 amide bonds. The van der Waals surface area contributed by atoms with Crippen molar-refractivity contribution >= 4 is 68.6 Å². The smallest absolute Gasteiger partial charge is 0.306 e. The van der Waals surface area contributed by atoms with Gasteiger partial charge in [0.2, 0.25) is 17.7 Å². The lowest BCUT2D eigenvalue weighted by Gasteiger charge is -2.27. The number of amides is 3. The molecule has 1 rings (SSSR count). The largest absolute Gasteiger partial charge is 0.508 e. The van der Waals surface area contributed by atoms with Gasteiger partial charge in [-0.25, -0.2) is 0 Å². The lowest BCUT2D eigenvalue weighted by atomic mass is 9.75. The summed E-state index contributed by atoms with van der Waals surface area (Å²) in [6.45, 7) is 6.97. The number of aromatic hydroxyl groups is 1. The summed E-state index contributed by atoms with van der Waals surface area (Å²) in [5.41, 5.74) is 12.0. The van der Waals surface area contributed by atoms with E-state index in [0.29, 0.717) is 95.8 Å². The second-order valence-corrected chi connectivity index (χ2v) is 25.9. The van der Waals surface area contributed by atoms with Gasteiger partial charge >= 0.3 is 5.97 Å². The molecular weight excluding hydrogens is 1180 g/mol. The van der Waals surface area contributed by atoms with E-state index in [4.69, 9.17) is 40.4 Å². The fraction of sp³-hybridized carbons (Fsp3) is 0.758. The number of phenolic OH excluding ortho intramolecular Hbond substituents is 1. The molecule has 0 aliphatic rings. The molecule has 0 saturated heterocycles. The number of amidine groups is 1. The third-order valence-electron chi connectivity index (χ3n) is 15.7. The van der Waals surface area contributed by atoms with E-state index in [0.717, 1.165) is 70.6 Å². The van der Waals surface area contributed by atoms with Crippen LogP contribution in [0.2, 0.25) is 0 Å². The number of Topliss-reactive ketones (excluding diaryl/α,β-unsaturated/α-hetero) is 5. The number of aliphatic carboxylic acids is 1. The Morgan fingerprint density at radius 1 is 0.522 bits per heavy atom. The zero-order valence-electron chi connectivity index (χ0n) is 54.3. The van der Waals surface area contributed by atoms with Crippen LogP contribution in [0.1, 0.15) is 213 Å². The maximum Gasteiger partial charge on any atom is 0.306 e. The van der Waals surface area contributed by atoms with Gasteiger partial charge in [0.05, 0.1) is 50.5 Å². The molecule has 90 heavy (non-hydrogen) atoms. The van der Waals surface area contributed by atoms with E-state index in [9.17, 15) is 61.8 Å². The van der Waals surface area contributed by atoms with Crippen LogP contribution in [0.15, 0.2) is 24.3 Å². The number of carboxylic acid groups (broad SMARTS) is 1. The molecule has 514 valence electrons. The van der Waals surface area contributed by atoms with Gasteiger partial charge in [0, 0.05) is 94.7 Å². The first-order valence-corrected chi connectivity index (χ1v) is 34.5. The number of carbonyl (C=O) groups excluding carboxylic acids is 8. The maximum atomic E-state index is 14.3. The number of rotatable bonds is 62. The molecule has 5 atom stereocenters. The Kier molecular flexibility index (Phi) is 46.8. The van der Waals surface area contributed by atoms with Crippen LogP contribution >= 0.6 is 0 Å². The van der Waals surface area contributed by atoms with Gasteiger partial charge in [0.25, 0.3) is 10.1 Å². The van der Waals surface area contributed by atoms with E-state index in [1.54, 1.807) is 19.1 Å². The number of hydrogen-bond acceptors (Lipinski definition) is 17. The number of nitrogens with two attached hydrogens (primary N) is 2. The summed E-state index contributed by atoms with van der Waals surface area (Å²) in [6.07, 6.45) is 17.1. The minimum atomic E-state index is -3.86. The molecule has 0 aliphatic carbocycles. The average molecular weight is 1290 g/mol. The number of phenols is 1. The number of ether oxygens (including phenoxy) is 4. The molecule has 0 saturated carbocycles. The number of carbonyl (C=O) groups is 9. The predicted octanol–water partition coefficient (Wildman–Crippen LogP) is 8.54. The van der Waals surface area contributed by atoms with Crippen molar-refractivity contribution in [3.05, 3.63) is 29.8 Å². The van der Waals surface area contributed by atoms with E-state index in [1.807, 2.05) is 13.8 Å². The lowest BCUT2D eigenvalue weighted by molar-refractivity contribution is -0.144. The SMILES string of the molecule is CC(C)CC(=O)C[C@@H](CCCCNC(=O)COCCOCCCC(=O)COCCOCCNC(=O)CC[C@H](CC(=O)CCCCCCCCCCCCCCCS(=O)(=O)O)C(=O)O)C(=O)C(C)[C@@H](CCCCC(=N)N)C(=O)C[C@@H](Cc1ccc(O)cc1)C(N)=O. The van der Waals surface area contributed by atoms with Gasteiger partial charge in [-0.1, -0.05) is 116 Å². The quantitative estimate of drug-likeness (QED) is 0.0131. The minimum absolute atomic E-state index is 0.0156. The first-order chi connectivity index (χ1) is 42.9. The number of hydrogen-bond donors (Lipinski definition) is 8. The van der Waals surface area contributed by atoms with Crippen LogP contribution in [-0.4, -0.2) is 153 Å². The fourth-order valence-electron chi connectivity index (χ4n) is 10.6. The van der Waals surface area contributed by atoms with Crippen molar-refractivity contribution in [1.29, 1.82) is 5.41 Å². The van der Waals surface area contributed by atoms with Gasteiger partial charge in [0.15, 0.2) is 5.78 Å². The second kappa shape index (κ2) is 51.0. The first-order valence-electron chi connectivity index (χ1n) is 32.9. The van der Waals surface area contributed by atoms with Gasteiger partial charge in [0.1, 0.15) is 42.1 Å². The van der Waals surface area contributed by atoms with Crippen LogP contribution in [0.3, 0.4) is 0 Å². The molecule has 0 radical (unpaired) electrons. The summed E-state index contributed by atoms with van der Waals surface area (Å²) in [5.74, 6) is -7.18. The van der Waals surface area contributed by atoms with Crippen LogP contribution in [0.25, 0.3) is 0 Å². The Balaban J connectivity index is 2.26. The van der Waals surface area contributed by atoms with E-state index >= 15 is 0 Å². The minimum Gasteiger partial charge on any atom is -0.508 e. The average Bonchev–Trinajstić information content (AvgIpc) is 1.71. The first kappa shape index (κ1) is 82.5. The number of ketones is 5. The third-order valence-corrected chi connectivity index (χ3v) is 16.5. The summed E-state index contributed by atoms with van der Waals surface area (Å²) in [7, 11) is -3.86. The molecule has 0 aromatic heterocycles. The molecule has 1 aromatic carbocycles. The molecule has 0 fully saturated rings. The van der Waals surface area contributed by atoms with Crippen molar-refractivity contribution in [1.82, 2.24) is 10.6 Å². The van der Waals surface area contributed by atoms with Crippen molar-refractivity contribution in [2.75, 3.05) is 71.7 Å². The topological polar surface area (TPSA) is 385 Å². The zero-order valence-corrected chi connectivity index (χ0v) is 55.1. The highest BCUT2D eigenvalue weighted by Crippen LogP contribution is 2.31. The summed E-state index contributed by atoms with van der Waals surface area (Å²) in [6, 6.07) is 6.28. The molecular formula is C66H111N5O18S. The Morgan fingerprint density at radius 3 is 1.64 bits per heavy atom. The molecule has 0 heterocycles. The standard InChI is InChI=1S/C66H111N5O18S/c1-49(2)42-58(75)44-52(64(79)50(3)59(25-16-17-26-61(67)68)60(76)46-54(65(69)80)43-51-27-30-55(72)31-28-51)22-18-19-33-70-63(78)48-89-40-37-86-35-21-24-57(74)47-88-39-38-87-36-34-71-62(77)32-29-53(66(81)82)45-56(73)23-15-13-11-9-7-5-4-6-8-10-12-14-20-41-90(83,84)85/h27-28,30-31,49-50,52-54,59,72H,4-26,29,32-48H2,1-3H3,(H3,67,68)(H2,69,80)(H,70,78)(H,71,77)(H,81,82)(H,83,84,85)/t50?,52-,53-,54-,59-/m1/s1. The van der Waals surface area contributed by atoms with Crippen LogP contribution in [0, 0.1) is 40.9 Å². The molecule has 10 N–H and O–H groups in total. The highest BCUT2D eigenvalue weighted by atomic mass is 32.2. The van der Waals surface area contributed by atoms with Crippen molar-refractivity contribution in [2.24, 2.45) is 47.0 Å². The predicted molar refractivity (Wildman–Crippen MR) is 343 cm³/mol. The summed E-state index contributed by atoms with van der Waals surface area (Å²) < 4.78 is 52.1. The molecule has 24 heteroatoms. The molecule has 0 spiro atoms. The number of benzene rings is 1. The Labute approximate surface area is 535 Å². The van der Waals surface area contributed by atoms with E-state index < -0.39 is 51.6 Å². The zero-order chi connectivity index (χ0) is 67.0. The van der Waals surface area contributed by atoms with Gasteiger partial charge in [-0.15, -0.1) is 0 Å². The lowest BCUT2D eigenvalue weighted by Crippen LogP contribution is -2.36. The van der Waals surface area contributed by atoms with Crippen LogP contribution in [0.4, 0.5) is 0 Å². The van der Waals surface area contributed by atoms with Gasteiger partial charge < -0.3 is 51.3 Å². The highest BCUT2D eigenvalue weighted by Gasteiger charge is 2.36. The normalized spacial score (nSPS) is 13.3. The van der Waals surface area contributed by atoms with E-state index in [1.165, 1.54) is 12.1 Å². The Bertz CT molecular complexity index is 2370. The molecule has 23 nitrogen and oxygen atoms in total. The highest BCUT2D eigenvalue weighted by molar-refractivity contribution is 7.85. The number of unbranched alkanes of at least 4 members (excludes halogenated alkanes) is 14. The summed E-state index contributed by atoms with van der Waals surface area (Å²) in [5, 5.41) is 32.5.